The molecule has 9 nitrogen and oxygen atoms in total. The quantitative estimate of drug-likeness (QED) is 0.246. The molecular weight excluding hydrogens is 488 g/mol. The smallest absolute Gasteiger partial charge is 0.255 e. The molecule has 0 unspecified atom stereocenters. The van der Waals surface area contributed by atoms with E-state index in [2.05, 4.69) is 26.7 Å². The predicted molar refractivity (Wildman–Crippen MR) is 154 cm³/mol. The van der Waals surface area contributed by atoms with Crippen molar-refractivity contribution in [2.24, 2.45) is 5.10 Å². The van der Waals surface area contributed by atoms with E-state index in [1.54, 1.807) is 24.3 Å². The lowest BCUT2D eigenvalue weighted by atomic mass is 10.1. The summed E-state index contributed by atoms with van der Waals surface area (Å²) in [5.74, 6) is 0.960. The number of hydrazone groups is 1. The van der Waals surface area contributed by atoms with Crippen molar-refractivity contribution in [1.82, 2.24) is 26.0 Å². The molecule has 0 saturated carbocycles. The molecule has 0 saturated heterocycles. The summed E-state index contributed by atoms with van der Waals surface area (Å²) in [6.07, 6.45) is 0. The third-order valence-electron chi connectivity index (χ3n) is 6.40. The summed E-state index contributed by atoms with van der Waals surface area (Å²) in [5.41, 5.74) is 12.5. The molecule has 0 bridgehead atoms. The number of hydrogen-bond donors (Lipinski definition) is 4. The van der Waals surface area contributed by atoms with Crippen LogP contribution in [-0.4, -0.2) is 33.9 Å². The maximum Gasteiger partial charge on any atom is 0.255 e. The molecule has 9 heteroatoms. The lowest BCUT2D eigenvalue weighted by Crippen LogP contribution is -2.36. The molecule has 6 rings (SSSR count). The first-order chi connectivity index (χ1) is 19.0. The van der Waals surface area contributed by atoms with E-state index in [4.69, 9.17) is 9.97 Å². The van der Waals surface area contributed by atoms with Crippen LogP contribution in [0.3, 0.4) is 0 Å². The van der Waals surface area contributed by atoms with Gasteiger partial charge in [-0.15, -0.1) is 10.6 Å². The summed E-state index contributed by atoms with van der Waals surface area (Å²) in [5, 5.41) is 13.2. The second-order valence-electron chi connectivity index (χ2n) is 9.17. The Bertz CT molecular complexity index is 1700. The van der Waals surface area contributed by atoms with Gasteiger partial charge in [-0.3, -0.25) is 10.2 Å². The van der Waals surface area contributed by atoms with Crippen LogP contribution in [0.5, 0.6) is 0 Å². The van der Waals surface area contributed by atoms with Crippen molar-refractivity contribution in [3.05, 3.63) is 114 Å². The number of amidine groups is 1. The zero-order valence-corrected chi connectivity index (χ0v) is 21.4. The fourth-order valence-electron chi connectivity index (χ4n) is 4.34. The van der Waals surface area contributed by atoms with Crippen molar-refractivity contribution >= 4 is 40.0 Å². The highest BCUT2D eigenvalue weighted by Crippen LogP contribution is 2.28. The predicted octanol–water partition coefficient (Wildman–Crippen LogP) is 5.22. The van der Waals surface area contributed by atoms with E-state index < -0.39 is 0 Å². The third-order valence-corrected chi connectivity index (χ3v) is 6.40. The Morgan fingerprint density at radius 3 is 2.38 bits per heavy atom. The number of benzene rings is 4. The van der Waals surface area contributed by atoms with Crippen LogP contribution < -0.4 is 21.6 Å². The molecular formula is C30H26N8O. The van der Waals surface area contributed by atoms with Gasteiger partial charge < -0.3 is 10.6 Å². The van der Waals surface area contributed by atoms with Crippen LogP contribution in [0, 0.1) is 6.92 Å². The van der Waals surface area contributed by atoms with Gasteiger partial charge in [0.15, 0.2) is 5.84 Å². The van der Waals surface area contributed by atoms with E-state index >= 15 is 0 Å². The third kappa shape index (κ3) is 5.11. The Hall–Kier alpha value is -5.28. The Labute approximate surface area is 225 Å². The Kier molecular flexibility index (Phi) is 6.32. The second kappa shape index (κ2) is 10.2. The molecule has 5 aromatic rings. The molecule has 1 amide bonds. The van der Waals surface area contributed by atoms with Crippen molar-refractivity contribution < 1.29 is 4.79 Å². The molecule has 0 aliphatic carbocycles. The number of nitrogens with one attached hydrogen (secondary N) is 4. The van der Waals surface area contributed by atoms with Crippen LogP contribution in [-0.2, 0) is 0 Å². The number of para-hydroxylation sites is 1. The summed E-state index contributed by atoms with van der Waals surface area (Å²) in [4.78, 5) is 22.6. The number of nitrogens with zero attached hydrogens (tertiary/aromatic N) is 4. The van der Waals surface area contributed by atoms with E-state index in [-0.39, 0.29) is 5.91 Å². The van der Waals surface area contributed by atoms with Gasteiger partial charge in [0.1, 0.15) is 0 Å². The molecule has 39 heavy (non-hydrogen) atoms. The van der Waals surface area contributed by atoms with E-state index in [0.29, 0.717) is 17.3 Å². The SMILES string of the molecule is Cc1ccc(C2=NN(C)NN2)cc1NC(=O)c1ccc(Nc2nc(-c3ccccc3)c3ccccc3n2)cc1. The van der Waals surface area contributed by atoms with Crippen LogP contribution in [0.4, 0.5) is 17.3 Å². The Balaban J connectivity index is 1.21. The number of aryl methyl sites for hydroxylation is 1. The Morgan fingerprint density at radius 2 is 1.62 bits per heavy atom. The largest absolute Gasteiger partial charge is 0.324 e. The number of hydrogen-bond acceptors (Lipinski definition) is 8. The second-order valence-corrected chi connectivity index (χ2v) is 9.17. The van der Waals surface area contributed by atoms with Crippen LogP contribution >= 0.6 is 0 Å². The number of carbonyl (C=O) groups is 1. The molecule has 4 N–H and O–H groups in total. The first-order valence-corrected chi connectivity index (χ1v) is 12.5. The molecule has 1 aliphatic heterocycles. The molecule has 0 fully saturated rings. The first kappa shape index (κ1) is 24.1. The average Bonchev–Trinajstić information content (AvgIpc) is 3.41. The molecule has 1 aliphatic rings. The standard InChI is InChI=1S/C30H26N8O/c1-19-12-13-22(28-35-37-38(2)36-28)18-26(19)32-29(39)21-14-16-23(17-15-21)31-30-33-25-11-7-6-10-24(25)27(34-30)20-8-4-3-5-9-20/h3-18,37H,1-2H3,(H,32,39)(H,35,36)(H,31,33,34). The van der Waals surface area contributed by atoms with Crippen molar-refractivity contribution in [2.45, 2.75) is 6.92 Å². The van der Waals surface area contributed by atoms with Gasteiger partial charge in [0.05, 0.1) is 11.2 Å². The molecule has 0 radical (unpaired) electrons. The number of amides is 1. The topological polar surface area (TPSA) is 107 Å². The molecule has 0 atom stereocenters. The molecule has 4 aromatic carbocycles. The van der Waals surface area contributed by atoms with Crippen LogP contribution in [0.15, 0.2) is 102 Å². The van der Waals surface area contributed by atoms with Crippen LogP contribution in [0.1, 0.15) is 21.5 Å². The number of anilines is 3. The summed E-state index contributed by atoms with van der Waals surface area (Å²) in [6.45, 7) is 1.95. The van der Waals surface area contributed by atoms with Gasteiger partial charge in [-0.05, 0) is 48.9 Å². The van der Waals surface area contributed by atoms with Gasteiger partial charge in [0.2, 0.25) is 5.95 Å². The van der Waals surface area contributed by atoms with Gasteiger partial charge in [0.25, 0.3) is 5.91 Å². The maximum absolute atomic E-state index is 13.0. The van der Waals surface area contributed by atoms with E-state index in [9.17, 15) is 4.79 Å². The molecule has 0 spiro atoms. The molecule has 2 heterocycles. The molecule has 1 aromatic heterocycles. The van der Waals surface area contributed by atoms with Gasteiger partial charge >= 0.3 is 0 Å². The molecule has 192 valence electrons. The van der Waals surface area contributed by atoms with Crippen molar-refractivity contribution in [3.8, 4) is 11.3 Å². The summed E-state index contributed by atoms with van der Waals surface area (Å²) in [7, 11) is 1.80. The van der Waals surface area contributed by atoms with Crippen molar-refractivity contribution in [2.75, 3.05) is 17.7 Å². The number of fused-ring (bicyclic) bond motifs is 1. The highest BCUT2D eigenvalue weighted by Gasteiger charge is 2.15. The van der Waals surface area contributed by atoms with Gasteiger partial charge in [-0.2, -0.15) is 0 Å². The number of rotatable bonds is 6. The summed E-state index contributed by atoms with van der Waals surface area (Å²) >= 11 is 0. The minimum Gasteiger partial charge on any atom is -0.324 e. The lowest BCUT2D eigenvalue weighted by Gasteiger charge is -2.12. The highest BCUT2D eigenvalue weighted by molar-refractivity contribution is 6.06. The average molecular weight is 515 g/mol. The number of aromatic nitrogens is 2. The maximum atomic E-state index is 13.0. The first-order valence-electron chi connectivity index (χ1n) is 12.5. The lowest BCUT2D eigenvalue weighted by molar-refractivity contribution is 0.102. The van der Waals surface area contributed by atoms with Crippen LogP contribution in [0.25, 0.3) is 22.2 Å². The van der Waals surface area contributed by atoms with E-state index in [1.165, 1.54) is 0 Å². The Morgan fingerprint density at radius 1 is 0.846 bits per heavy atom. The van der Waals surface area contributed by atoms with Gasteiger partial charge in [-0.1, -0.05) is 60.7 Å². The number of carbonyl (C=O) groups excluding carboxylic acids is 1. The van der Waals surface area contributed by atoms with Crippen molar-refractivity contribution in [3.63, 3.8) is 0 Å². The minimum atomic E-state index is -0.202. The monoisotopic (exact) mass is 514 g/mol. The van der Waals surface area contributed by atoms with Gasteiger partial charge in [-0.25, -0.2) is 15.1 Å². The van der Waals surface area contributed by atoms with E-state index in [0.717, 1.165) is 44.7 Å². The fraction of sp³-hybridized carbons (Fsp3) is 0.0667. The summed E-state index contributed by atoms with van der Waals surface area (Å²) < 4.78 is 0. The summed E-state index contributed by atoms with van der Waals surface area (Å²) in [6, 6.07) is 31.1. The number of hydrazine groups is 2. The van der Waals surface area contributed by atoms with E-state index in [1.807, 2.05) is 91.9 Å². The minimum absolute atomic E-state index is 0.202. The zero-order chi connectivity index (χ0) is 26.8. The normalized spacial score (nSPS) is 12.7. The fourth-order valence-corrected chi connectivity index (χ4v) is 4.34. The zero-order valence-electron chi connectivity index (χ0n) is 21.4. The van der Waals surface area contributed by atoms with Crippen LogP contribution in [0.2, 0.25) is 0 Å². The van der Waals surface area contributed by atoms with Crippen molar-refractivity contribution in [1.29, 1.82) is 0 Å². The van der Waals surface area contributed by atoms with Gasteiger partial charge in [0, 0.05) is 40.5 Å². The highest BCUT2D eigenvalue weighted by atomic mass is 16.1.